The van der Waals surface area contributed by atoms with Gasteiger partial charge in [-0.3, -0.25) is 4.79 Å². The first-order chi connectivity index (χ1) is 8.09. The second-order valence-electron chi connectivity index (χ2n) is 4.93. The summed E-state index contributed by atoms with van der Waals surface area (Å²) < 4.78 is 5.27. The van der Waals surface area contributed by atoms with Crippen LogP contribution < -0.4 is 0 Å². The smallest absolute Gasteiger partial charge is 0.333 e. The number of nitrogens with zero attached hydrogens (tertiary/aromatic N) is 1. The minimum atomic E-state index is -0.846. The number of carbonyl (C=O) groups is 2. The van der Waals surface area contributed by atoms with Crippen LogP contribution in [0, 0.1) is 11.8 Å². The first kappa shape index (κ1) is 12.4. The number of carboxylic acids is 1. The van der Waals surface area contributed by atoms with E-state index in [-0.39, 0.29) is 11.8 Å². The number of ether oxygens (including phenoxy) is 1. The Bertz CT molecular complexity index is 310. The van der Waals surface area contributed by atoms with Crippen molar-refractivity contribution in [3.05, 3.63) is 0 Å². The van der Waals surface area contributed by atoms with Crippen LogP contribution in [0.5, 0.6) is 0 Å². The van der Waals surface area contributed by atoms with Crippen molar-refractivity contribution in [3.63, 3.8) is 0 Å². The van der Waals surface area contributed by atoms with Gasteiger partial charge in [-0.25, -0.2) is 4.79 Å². The van der Waals surface area contributed by atoms with Gasteiger partial charge in [0, 0.05) is 32.5 Å². The number of hydrogen-bond acceptors (Lipinski definition) is 3. The summed E-state index contributed by atoms with van der Waals surface area (Å²) in [5.41, 5.74) is 0. The molecule has 0 spiro atoms. The zero-order chi connectivity index (χ0) is 12.4. The second kappa shape index (κ2) is 5.04. The van der Waals surface area contributed by atoms with Gasteiger partial charge in [-0.1, -0.05) is 0 Å². The van der Waals surface area contributed by atoms with Gasteiger partial charge in [0.25, 0.3) is 0 Å². The van der Waals surface area contributed by atoms with Gasteiger partial charge < -0.3 is 14.7 Å². The number of carboxylic acid groups (broad SMARTS) is 1. The van der Waals surface area contributed by atoms with E-state index in [4.69, 9.17) is 9.84 Å². The van der Waals surface area contributed by atoms with Crippen LogP contribution in [0.2, 0.25) is 0 Å². The van der Waals surface area contributed by atoms with E-state index in [1.165, 1.54) is 0 Å². The Labute approximate surface area is 101 Å². The predicted molar refractivity (Wildman–Crippen MR) is 60.5 cm³/mol. The molecule has 2 atom stereocenters. The summed E-state index contributed by atoms with van der Waals surface area (Å²) in [6.45, 7) is 3.64. The molecule has 17 heavy (non-hydrogen) atoms. The third kappa shape index (κ3) is 2.60. The average molecular weight is 241 g/mol. The molecule has 2 heterocycles. The molecule has 2 aliphatic rings. The summed E-state index contributed by atoms with van der Waals surface area (Å²) in [5.74, 6) is -0.224. The van der Waals surface area contributed by atoms with Gasteiger partial charge in [0.15, 0.2) is 6.10 Å². The molecule has 2 fully saturated rings. The minimum absolute atomic E-state index is 0.112. The molecule has 1 N–H and O–H groups in total. The molecule has 2 unspecified atom stereocenters. The lowest BCUT2D eigenvalue weighted by Crippen LogP contribution is -2.41. The van der Waals surface area contributed by atoms with Crippen LogP contribution in [-0.4, -0.2) is 47.7 Å². The molecule has 2 rings (SSSR count). The van der Waals surface area contributed by atoms with Crippen molar-refractivity contribution >= 4 is 11.9 Å². The van der Waals surface area contributed by atoms with E-state index >= 15 is 0 Å². The maximum absolute atomic E-state index is 11.2. The van der Waals surface area contributed by atoms with Crippen LogP contribution in [0.1, 0.15) is 26.2 Å². The Morgan fingerprint density at radius 3 is 2.41 bits per heavy atom. The third-order valence-electron chi connectivity index (χ3n) is 3.97. The maximum atomic E-state index is 11.2. The van der Waals surface area contributed by atoms with Crippen molar-refractivity contribution in [3.8, 4) is 0 Å². The van der Waals surface area contributed by atoms with Crippen molar-refractivity contribution in [1.29, 1.82) is 0 Å². The quantitative estimate of drug-likeness (QED) is 0.774. The molecule has 0 bridgehead atoms. The van der Waals surface area contributed by atoms with Crippen LogP contribution in [0.25, 0.3) is 0 Å². The Morgan fingerprint density at radius 2 is 1.88 bits per heavy atom. The Kier molecular flexibility index (Phi) is 3.66. The summed E-state index contributed by atoms with van der Waals surface area (Å²) in [6.07, 6.45) is 2.00. The summed E-state index contributed by atoms with van der Waals surface area (Å²) in [7, 11) is 0. The van der Waals surface area contributed by atoms with E-state index in [2.05, 4.69) is 0 Å². The first-order valence-corrected chi connectivity index (χ1v) is 6.19. The molecule has 0 aromatic heterocycles. The van der Waals surface area contributed by atoms with E-state index in [1.807, 2.05) is 4.90 Å². The molecular weight excluding hydrogens is 222 g/mol. The second-order valence-corrected chi connectivity index (χ2v) is 4.93. The normalized spacial score (nSPS) is 30.5. The van der Waals surface area contributed by atoms with Crippen molar-refractivity contribution in [2.75, 3.05) is 19.7 Å². The van der Waals surface area contributed by atoms with Crippen molar-refractivity contribution in [1.82, 2.24) is 4.90 Å². The van der Waals surface area contributed by atoms with Gasteiger partial charge >= 0.3 is 5.97 Å². The zero-order valence-electron chi connectivity index (χ0n) is 10.1. The highest BCUT2D eigenvalue weighted by molar-refractivity contribution is 5.73. The highest BCUT2D eigenvalue weighted by atomic mass is 16.5. The zero-order valence-corrected chi connectivity index (χ0v) is 10.1. The number of rotatable bonds is 2. The fourth-order valence-electron chi connectivity index (χ4n) is 2.99. The van der Waals surface area contributed by atoms with Gasteiger partial charge in [0.05, 0.1) is 0 Å². The van der Waals surface area contributed by atoms with Crippen LogP contribution in [0.15, 0.2) is 0 Å². The molecule has 0 radical (unpaired) electrons. The van der Waals surface area contributed by atoms with Crippen LogP contribution in [0.3, 0.4) is 0 Å². The van der Waals surface area contributed by atoms with Crippen molar-refractivity contribution in [2.45, 2.75) is 32.3 Å². The molecule has 2 saturated heterocycles. The van der Waals surface area contributed by atoms with E-state index < -0.39 is 12.1 Å². The molecule has 0 aliphatic carbocycles. The fourth-order valence-corrected chi connectivity index (χ4v) is 2.99. The van der Waals surface area contributed by atoms with E-state index in [1.54, 1.807) is 6.92 Å². The standard InChI is InChI=1S/C12H19NO4/c1-8(14)13-5-2-9(3-6-13)10-4-7-17-11(10)12(15)16/h9-11H,2-7H2,1H3,(H,15,16). The summed E-state index contributed by atoms with van der Waals surface area (Å²) in [5, 5.41) is 9.06. The number of aliphatic carboxylic acids is 1. The molecular formula is C12H19NO4. The van der Waals surface area contributed by atoms with Gasteiger partial charge in [-0.2, -0.15) is 0 Å². The van der Waals surface area contributed by atoms with Gasteiger partial charge in [0.1, 0.15) is 0 Å². The highest BCUT2D eigenvalue weighted by Crippen LogP contribution is 2.34. The van der Waals surface area contributed by atoms with Crippen molar-refractivity contribution in [2.24, 2.45) is 11.8 Å². The topological polar surface area (TPSA) is 66.8 Å². The molecule has 5 heteroatoms. The van der Waals surface area contributed by atoms with Gasteiger partial charge in [-0.05, 0) is 25.2 Å². The molecule has 0 aromatic carbocycles. The summed E-state index contributed by atoms with van der Waals surface area (Å²) in [4.78, 5) is 24.1. The Hall–Kier alpha value is -1.10. The number of hydrogen-bond donors (Lipinski definition) is 1. The SMILES string of the molecule is CC(=O)N1CCC(C2CCOC2C(=O)O)CC1. The van der Waals surface area contributed by atoms with Gasteiger partial charge in [0.2, 0.25) is 5.91 Å². The Morgan fingerprint density at radius 1 is 1.24 bits per heavy atom. The molecule has 5 nitrogen and oxygen atoms in total. The molecule has 96 valence electrons. The third-order valence-corrected chi connectivity index (χ3v) is 3.97. The van der Waals surface area contributed by atoms with Crippen molar-refractivity contribution < 1.29 is 19.4 Å². The summed E-state index contributed by atoms with van der Waals surface area (Å²) >= 11 is 0. The minimum Gasteiger partial charge on any atom is -0.479 e. The van der Waals surface area contributed by atoms with E-state index in [0.717, 1.165) is 32.4 Å². The lowest BCUT2D eigenvalue weighted by Gasteiger charge is -2.35. The first-order valence-electron chi connectivity index (χ1n) is 6.19. The fraction of sp³-hybridized carbons (Fsp3) is 0.833. The molecule has 2 aliphatic heterocycles. The number of amides is 1. The van der Waals surface area contributed by atoms with Crippen LogP contribution in [0.4, 0.5) is 0 Å². The lowest BCUT2D eigenvalue weighted by molar-refractivity contribution is -0.150. The summed E-state index contributed by atoms with van der Waals surface area (Å²) in [6, 6.07) is 0. The number of piperidine rings is 1. The van der Waals surface area contributed by atoms with E-state index in [0.29, 0.717) is 12.5 Å². The number of likely N-dealkylation sites (tertiary alicyclic amines) is 1. The van der Waals surface area contributed by atoms with E-state index in [9.17, 15) is 9.59 Å². The average Bonchev–Trinajstić information content (AvgIpc) is 2.78. The Balaban J connectivity index is 1.92. The highest BCUT2D eigenvalue weighted by Gasteiger charge is 2.40. The molecule has 0 aromatic rings. The largest absolute Gasteiger partial charge is 0.479 e. The maximum Gasteiger partial charge on any atom is 0.333 e. The lowest BCUT2D eigenvalue weighted by atomic mass is 9.80. The molecule has 0 saturated carbocycles. The van der Waals surface area contributed by atoms with Gasteiger partial charge in [-0.15, -0.1) is 0 Å². The van der Waals surface area contributed by atoms with Crippen LogP contribution in [-0.2, 0) is 14.3 Å². The monoisotopic (exact) mass is 241 g/mol. The number of carbonyl (C=O) groups excluding carboxylic acids is 1. The predicted octanol–water partition coefficient (Wildman–Crippen LogP) is 0.735. The van der Waals surface area contributed by atoms with Crippen LogP contribution >= 0.6 is 0 Å². The molecule has 1 amide bonds.